The Labute approximate surface area is 150 Å². The molecule has 2 heterocycles. The van der Waals surface area contributed by atoms with Crippen molar-refractivity contribution < 1.29 is 9.53 Å². The zero-order valence-electron chi connectivity index (χ0n) is 13.1. The highest BCUT2D eigenvalue weighted by atomic mass is 35.5. The summed E-state index contributed by atoms with van der Waals surface area (Å²) in [7, 11) is 1.58. The molecule has 7 heteroatoms. The third kappa shape index (κ3) is 3.34. The summed E-state index contributed by atoms with van der Waals surface area (Å²) in [6.07, 6.45) is 1.73. The minimum absolute atomic E-state index is 0.0474. The number of methoxy groups -OCH3 is 1. The van der Waals surface area contributed by atoms with Crippen LogP contribution in [0.5, 0.6) is 5.75 Å². The van der Waals surface area contributed by atoms with E-state index in [1.165, 1.54) is 0 Å². The van der Waals surface area contributed by atoms with Crippen molar-refractivity contribution in [3.05, 3.63) is 46.1 Å². The minimum atomic E-state index is -0.239. The van der Waals surface area contributed by atoms with Gasteiger partial charge < -0.3 is 10.5 Å². The Morgan fingerprint density at radius 1 is 1.38 bits per heavy atom. The van der Waals surface area contributed by atoms with Crippen LogP contribution in [0.2, 0.25) is 10.0 Å². The standard InChI is InChI=1S/C17H17Cl2N3O2/c1-24-14-3-2-12(18)16(19)15(14)13-6-10(4-5-21-13)7-22-8-11(9-22)17(20)23/h2-6,11H,7-9H2,1H3,(H2,20,23). The molecule has 1 saturated heterocycles. The maximum absolute atomic E-state index is 11.1. The van der Waals surface area contributed by atoms with Gasteiger partial charge in [0, 0.05) is 25.8 Å². The summed E-state index contributed by atoms with van der Waals surface area (Å²) in [5, 5.41) is 0.866. The molecule has 0 radical (unpaired) electrons. The maximum atomic E-state index is 11.1. The lowest BCUT2D eigenvalue weighted by Crippen LogP contribution is -2.51. The number of benzene rings is 1. The van der Waals surface area contributed by atoms with E-state index in [1.54, 1.807) is 25.4 Å². The van der Waals surface area contributed by atoms with Gasteiger partial charge in [0.05, 0.1) is 34.3 Å². The number of nitrogens with two attached hydrogens (primary N) is 1. The van der Waals surface area contributed by atoms with E-state index in [0.29, 0.717) is 40.1 Å². The van der Waals surface area contributed by atoms with Gasteiger partial charge in [-0.1, -0.05) is 23.2 Å². The van der Waals surface area contributed by atoms with Gasteiger partial charge in [-0.05, 0) is 29.8 Å². The first-order valence-electron chi connectivity index (χ1n) is 7.48. The summed E-state index contributed by atoms with van der Waals surface area (Å²) < 4.78 is 5.38. The fourth-order valence-corrected chi connectivity index (χ4v) is 3.20. The van der Waals surface area contributed by atoms with Crippen molar-refractivity contribution in [1.82, 2.24) is 9.88 Å². The van der Waals surface area contributed by atoms with Gasteiger partial charge in [-0.25, -0.2) is 0 Å². The second-order valence-corrected chi connectivity index (χ2v) is 6.57. The molecule has 1 aromatic heterocycles. The van der Waals surface area contributed by atoms with Gasteiger partial charge in [0.25, 0.3) is 0 Å². The van der Waals surface area contributed by atoms with Gasteiger partial charge in [0.15, 0.2) is 0 Å². The molecule has 0 spiro atoms. The lowest BCUT2D eigenvalue weighted by Gasteiger charge is -2.37. The second kappa shape index (κ2) is 6.97. The molecule has 0 aliphatic carbocycles. The maximum Gasteiger partial charge on any atom is 0.223 e. The molecule has 126 valence electrons. The SMILES string of the molecule is COc1ccc(Cl)c(Cl)c1-c1cc(CN2CC(C(N)=O)C2)ccn1. The molecule has 1 amide bonds. The highest BCUT2D eigenvalue weighted by Gasteiger charge is 2.30. The molecule has 3 rings (SSSR count). The average molecular weight is 366 g/mol. The van der Waals surface area contributed by atoms with E-state index in [0.717, 1.165) is 12.1 Å². The number of halogens is 2. The number of primary amides is 1. The number of amides is 1. The number of carbonyl (C=O) groups excluding carboxylic acids is 1. The number of rotatable bonds is 5. The largest absolute Gasteiger partial charge is 0.496 e. The fourth-order valence-electron chi connectivity index (χ4n) is 2.79. The summed E-state index contributed by atoms with van der Waals surface area (Å²) >= 11 is 12.5. The summed E-state index contributed by atoms with van der Waals surface area (Å²) in [4.78, 5) is 17.7. The van der Waals surface area contributed by atoms with Crippen LogP contribution in [0.25, 0.3) is 11.3 Å². The van der Waals surface area contributed by atoms with Crippen LogP contribution in [-0.4, -0.2) is 36.0 Å². The summed E-state index contributed by atoms with van der Waals surface area (Å²) in [5.74, 6) is 0.331. The van der Waals surface area contributed by atoms with Crippen LogP contribution in [0.3, 0.4) is 0 Å². The smallest absolute Gasteiger partial charge is 0.223 e. The quantitative estimate of drug-likeness (QED) is 0.884. The molecule has 1 aliphatic rings. The normalized spacial score (nSPS) is 15.1. The molecule has 1 fully saturated rings. The van der Waals surface area contributed by atoms with Crippen molar-refractivity contribution >= 4 is 29.1 Å². The van der Waals surface area contributed by atoms with Gasteiger partial charge in [-0.3, -0.25) is 14.7 Å². The van der Waals surface area contributed by atoms with Gasteiger partial charge in [0.2, 0.25) is 5.91 Å². The van der Waals surface area contributed by atoms with E-state index in [4.69, 9.17) is 33.7 Å². The molecule has 1 aromatic carbocycles. The summed E-state index contributed by atoms with van der Waals surface area (Å²) in [6, 6.07) is 7.36. The van der Waals surface area contributed by atoms with Gasteiger partial charge in [0.1, 0.15) is 5.75 Å². The Bertz CT molecular complexity index is 776. The Hall–Kier alpha value is -1.82. The number of hydrogen-bond donors (Lipinski definition) is 1. The molecule has 0 atom stereocenters. The fraction of sp³-hybridized carbons (Fsp3) is 0.294. The second-order valence-electron chi connectivity index (χ2n) is 5.78. The Morgan fingerprint density at radius 2 is 2.12 bits per heavy atom. The zero-order valence-corrected chi connectivity index (χ0v) is 14.6. The molecular formula is C17H17Cl2N3O2. The molecule has 2 N–H and O–H groups in total. The van der Waals surface area contributed by atoms with E-state index < -0.39 is 0 Å². The van der Waals surface area contributed by atoms with Crippen molar-refractivity contribution in [2.45, 2.75) is 6.54 Å². The van der Waals surface area contributed by atoms with Crippen molar-refractivity contribution in [2.75, 3.05) is 20.2 Å². The van der Waals surface area contributed by atoms with Crippen LogP contribution >= 0.6 is 23.2 Å². The first-order chi connectivity index (χ1) is 11.5. The van der Waals surface area contributed by atoms with Gasteiger partial charge in [-0.15, -0.1) is 0 Å². The molecule has 0 bridgehead atoms. The highest BCUT2D eigenvalue weighted by molar-refractivity contribution is 6.44. The van der Waals surface area contributed by atoms with Crippen LogP contribution in [-0.2, 0) is 11.3 Å². The molecule has 1 aliphatic heterocycles. The van der Waals surface area contributed by atoms with Crippen LogP contribution in [0, 0.1) is 5.92 Å². The monoisotopic (exact) mass is 365 g/mol. The third-order valence-corrected chi connectivity index (χ3v) is 4.93. The van der Waals surface area contributed by atoms with Crippen LogP contribution < -0.4 is 10.5 Å². The molecular weight excluding hydrogens is 349 g/mol. The van der Waals surface area contributed by atoms with E-state index in [2.05, 4.69) is 9.88 Å². The molecule has 5 nitrogen and oxygen atoms in total. The van der Waals surface area contributed by atoms with Crippen LogP contribution in [0.4, 0.5) is 0 Å². The predicted molar refractivity (Wildman–Crippen MR) is 94.2 cm³/mol. The number of likely N-dealkylation sites (tertiary alicyclic amines) is 1. The van der Waals surface area contributed by atoms with E-state index >= 15 is 0 Å². The molecule has 0 unspecified atom stereocenters. The number of aromatic nitrogens is 1. The molecule has 24 heavy (non-hydrogen) atoms. The van der Waals surface area contributed by atoms with Gasteiger partial charge >= 0.3 is 0 Å². The van der Waals surface area contributed by atoms with Gasteiger partial charge in [-0.2, -0.15) is 0 Å². The number of carbonyl (C=O) groups is 1. The van der Waals surface area contributed by atoms with Crippen molar-refractivity contribution in [1.29, 1.82) is 0 Å². The number of nitrogens with zero attached hydrogens (tertiary/aromatic N) is 2. The number of pyridine rings is 1. The number of hydrogen-bond acceptors (Lipinski definition) is 4. The Balaban J connectivity index is 1.84. The Morgan fingerprint density at radius 3 is 2.79 bits per heavy atom. The van der Waals surface area contributed by atoms with E-state index in [9.17, 15) is 4.79 Å². The summed E-state index contributed by atoms with van der Waals surface area (Å²) in [6.45, 7) is 2.10. The van der Waals surface area contributed by atoms with E-state index in [-0.39, 0.29) is 11.8 Å². The summed E-state index contributed by atoms with van der Waals surface area (Å²) in [5.41, 5.74) is 7.74. The molecule has 0 saturated carbocycles. The topological polar surface area (TPSA) is 68.5 Å². The highest BCUT2D eigenvalue weighted by Crippen LogP contribution is 2.40. The van der Waals surface area contributed by atoms with Crippen LogP contribution in [0.15, 0.2) is 30.5 Å². The lowest BCUT2D eigenvalue weighted by molar-refractivity contribution is -0.127. The predicted octanol–water partition coefficient (Wildman–Crippen LogP) is 2.98. The molecule has 2 aromatic rings. The van der Waals surface area contributed by atoms with Crippen molar-refractivity contribution in [3.63, 3.8) is 0 Å². The first kappa shape index (κ1) is 17.0. The van der Waals surface area contributed by atoms with Crippen LogP contribution in [0.1, 0.15) is 5.56 Å². The Kier molecular flexibility index (Phi) is 4.94. The van der Waals surface area contributed by atoms with Crippen molar-refractivity contribution in [2.24, 2.45) is 11.7 Å². The number of ether oxygens (including phenoxy) is 1. The van der Waals surface area contributed by atoms with E-state index in [1.807, 2.05) is 12.1 Å². The average Bonchev–Trinajstić information content (AvgIpc) is 2.52. The minimum Gasteiger partial charge on any atom is -0.496 e. The lowest BCUT2D eigenvalue weighted by atomic mass is 9.98. The van der Waals surface area contributed by atoms with Crippen molar-refractivity contribution in [3.8, 4) is 17.0 Å². The zero-order chi connectivity index (χ0) is 17.3. The first-order valence-corrected chi connectivity index (χ1v) is 8.24. The third-order valence-electron chi connectivity index (χ3n) is 4.12.